The maximum atomic E-state index is 12.3. The topological polar surface area (TPSA) is 42.0 Å². The lowest BCUT2D eigenvalue weighted by Gasteiger charge is -2.07. The molecule has 0 radical (unpaired) electrons. The number of hydrogen-bond acceptors (Lipinski definition) is 3. The molecule has 0 spiro atoms. The Morgan fingerprint density at radius 2 is 2.00 bits per heavy atom. The number of pyridine rings is 1. The van der Waals surface area contributed by atoms with Gasteiger partial charge in [-0.15, -0.1) is 11.3 Å². The third-order valence-corrected chi connectivity index (χ3v) is 3.73. The summed E-state index contributed by atoms with van der Waals surface area (Å²) in [5.41, 5.74) is -0.785. The number of amides is 1. The Labute approximate surface area is 118 Å². The van der Waals surface area contributed by atoms with Gasteiger partial charge in [-0.3, -0.25) is 4.79 Å². The predicted octanol–water partition coefficient (Wildman–Crippen LogP) is 4.18. The number of nitrogens with zero attached hydrogens (tertiary/aromatic N) is 1. The second-order valence-corrected chi connectivity index (χ2v) is 5.95. The molecular weight excluding hydrogens is 345 g/mol. The molecule has 0 bridgehead atoms. The van der Waals surface area contributed by atoms with E-state index < -0.39 is 17.8 Å². The van der Waals surface area contributed by atoms with E-state index in [4.69, 9.17) is 0 Å². The van der Waals surface area contributed by atoms with Crippen LogP contribution < -0.4 is 5.32 Å². The van der Waals surface area contributed by atoms with Gasteiger partial charge in [0.2, 0.25) is 0 Å². The second kappa shape index (κ2) is 5.30. The smallest absolute Gasteiger partial charge is 0.320 e. The molecule has 0 aromatic carbocycles. The van der Waals surface area contributed by atoms with Gasteiger partial charge in [0, 0.05) is 0 Å². The van der Waals surface area contributed by atoms with Crippen LogP contribution >= 0.6 is 27.3 Å². The van der Waals surface area contributed by atoms with Gasteiger partial charge in [0.1, 0.15) is 5.69 Å². The van der Waals surface area contributed by atoms with Crippen molar-refractivity contribution in [3.63, 3.8) is 0 Å². The molecule has 8 heteroatoms. The quantitative estimate of drug-likeness (QED) is 0.882. The standard InChI is InChI=1S/C11H6BrF3N2OS/c12-9-4-2-7(19-9)10(18)17-6-1-3-8(16-5-6)11(13,14)15/h1-5H,(H,17,18). The highest BCUT2D eigenvalue weighted by Gasteiger charge is 2.32. The minimum atomic E-state index is -4.48. The molecule has 0 fully saturated rings. The van der Waals surface area contributed by atoms with E-state index in [1.54, 1.807) is 12.1 Å². The van der Waals surface area contributed by atoms with Gasteiger partial charge in [0.05, 0.1) is 20.5 Å². The summed E-state index contributed by atoms with van der Waals surface area (Å²) in [6.07, 6.45) is -3.51. The van der Waals surface area contributed by atoms with Crippen LogP contribution in [0.4, 0.5) is 18.9 Å². The molecule has 0 aliphatic heterocycles. The lowest BCUT2D eigenvalue weighted by atomic mass is 10.3. The number of hydrogen-bond donors (Lipinski definition) is 1. The molecule has 0 saturated carbocycles. The van der Waals surface area contributed by atoms with Crippen molar-refractivity contribution >= 4 is 38.9 Å². The molecule has 0 unspecified atom stereocenters. The van der Waals surface area contributed by atoms with E-state index in [0.717, 1.165) is 22.1 Å². The third-order valence-electron chi connectivity index (χ3n) is 2.11. The zero-order chi connectivity index (χ0) is 14.0. The van der Waals surface area contributed by atoms with E-state index in [0.29, 0.717) is 4.88 Å². The number of rotatable bonds is 2. The Hall–Kier alpha value is -1.41. The molecule has 0 atom stereocenters. The highest BCUT2D eigenvalue weighted by atomic mass is 79.9. The number of alkyl halides is 3. The monoisotopic (exact) mass is 350 g/mol. The van der Waals surface area contributed by atoms with Gasteiger partial charge in [0.15, 0.2) is 0 Å². The number of halogens is 4. The number of thiophene rings is 1. The van der Waals surface area contributed by atoms with E-state index in [9.17, 15) is 18.0 Å². The largest absolute Gasteiger partial charge is 0.433 e. The highest BCUT2D eigenvalue weighted by molar-refractivity contribution is 9.11. The zero-order valence-electron chi connectivity index (χ0n) is 9.16. The summed E-state index contributed by atoms with van der Waals surface area (Å²) in [6.45, 7) is 0. The highest BCUT2D eigenvalue weighted by Crippen LogP contribution is 2.28. The number of anilines is 1. The molecule has 0 aliphatic rings. The maximum absolute atomic E-state index is 12.3. The Morgan fingerprint density at radius 1 is 1.26 bits per heavy atom. The van der Waals surface area contributed by atoms with Gasteiger partial charge in [-0.1, -0.05) is 0 Å². The lowest BCUT2D eigenvalue weighted by molar-refractivity contribution is -0.141. The number of nitrogens with one attached hydrogen (secondary N) is 1. The normalized spacial score (nSPS) is 11.4. The summed E-state index contributed by atoms with van der Waals surface area (Å²) in [6, 6.07) is 5.31. The van der Waals surface area contributed by atoms with Crippen molar-refractivity contribution < 1.29 is 18.0 Å². The van der Waals surface area contributed by atoms with Crippen LogP contribution in [0.2, 0.25) is 0 Å². The number of carbonyl (C=O) groups is 1. The molecule has 2 rings (SSSR count). The Morgan fingerprint density at radius 3 is 2.47 bits per heavy atom. The van der Waals surface area contributed by atoms with Crippen molar-refractivity contribution in [2.75, 3.05) is 5.32 Å². The molecule has 1 N–H and O–H groups in total. The summed E-state index contributed by atoms with van der Waals surface area (Å²) < 4.78 is 37.7. The van der Waals surface area contributed by atoms with Crippen LogP contribution in [0.15, 0.2) is 34.2 Å². The van der Waals surface area contributed by atoms with E-state index in [-0.39, 0.29) is 5.69 Å². The molecule has 2 aromatic heterocycles. The van der Waals surface area contributed by atoms with Crippen LogP contribution in [0.25, 0.3) is 0 Å². The molecule has 0 aliphatic carbocycles. The number of carbonyl (C=O) groups excluding carboxylic acids is 1. The number of aromatic nitrogens is 1. The van der Waals surface area contributed by atoms with Gasteiger partial charge in [-0.05, 0) is 40.2 Å². The molecule has 3 nitrogen and oxygen atoms in total. The Balaban J connectivity index is 2.10. The van der Waals surface area contributed by atoms with E-state index in [1.165, 1.54) is 11.3 Å². The molecular formula is C11H6BrF3N2OS. The average molecular weight is 351 g/mol. The van der Waals surface area contributed by atoms with Crippen molar-refractivity contribution in [2.45, 2.75) is 6.18 Å². The van der Waals surface area contributed by atoms with Crippen LogP contribution in [-0.4, -0.2) is 10.9 Å². The van der Waals surface area contributed by atoms with Crippen molar-refractivity contribution in [2.24, 2.45) is 0 Å². The molecule has 0 saturated heterocycles. The van der Waals surface area contributed by atoms with Crippen LogP contribution in [0.1, 0.15) is 15.4 Å². The Kier molecular flexibility index (Phi) is 3.91. The van der Waals surface area contributed by atoms with Gasteiger partial charge in [-0.25, -0.2) is 4.98 Å². The zero-order valence-corrected chi connectivity index (χ0v) is 11.6. The molecule has 2 heterocycles. The summed E-state index contributed by atoms with van der Waals surface area (Å²) >= 11 is 4.45. The second-order valence-electron chi connectivity index (χ2n) is 3.49. The summed E-state index contributed by atoms with van der Waals surface area (Å²) in [7, 11) is 0. The summed E-state index contributed by atoms with van der Waals surface area (Å²) in [4.78, 5) is 15.4. The average Bonchev–Trinajstić information content (AvgIpc) is 2.75. The first-order valence-electron chi connectivity index (χ1n) is 4.96. The minimum Gasteiger partial charge on any atom is -0.320 e. The van der Waals surface area contributed by atoms with Crippen molar-refractivity contribution in [3.05, 3.63) is 44.8 Å². The fourth-order valence-electron chi connectivity index (χ4n) is 1.26. The van der Waals surface area contributed by atoms with E-state index in [1.807, 2.05) is 0 Å². The van der Waals surface area contributed by atoms with Gasteiger partial charge in [-0.2, -0.15) is 13.2 Å². The SMILES string of the molecule is O=C(Nc1ccc(C(F)(F)F)nc1)c1ccc(Br)s1. The molecule has 100 valence electrons. The van der Waals surface area contributed by atoms with E-state index >= 15 is 0 Å². The van der Waals surface area contributed by atoms with Crippen LogP contribution in [0.3, 0.4) is 0 Å². The van der Waals surface area contributed by atoms with Gasteiger partial charge >= 0.3 is 6.18 Å². The fraction of sp³-hybridized carbons (Fsp3) is 0.0909. The van der Waals surface area contributed by atoms with E-state index in [2.05, 4.69) is 26.2 Å². The van der Waals surface area contributed by atoms with Gasteiger partial charge < -0.3 is 5.32 Å². The van der Waals surface area contributed by atoms with Crippen LogP contribution in [0, 0.1) is 0 Å². The minimum absolute atomic E-state index is 0.211. The van der Waals surface area contributed by atoms with Crippen LogP contribution in [-0.2, 0) is 6.18 Å². The lowest BCUT2D eigenvalue weighted by Crippen LogP contribution is -2.12. The Bertz CT molecular complexity index is 595. The van der Waals surface area contributed by atoms with Gasteiger partial charge in [0.25, 0.3) is 5.91 Å². The maximum Gasteiger partial charge on any atom is 0.433 e. The molecule has 19 heavy (non-hydrogen) atoms. The van der Waals surface area contributed by atoms with Crippen molar-refractivity contribution in [1.29, 1.82) is 0 Å². The van der Waals surface area contributed by atoms with Crippen molar-refractivity contribution in [3.8, 4) is 0 Å². The summed E-state index contributed by atoms with van der Waals surface area (Å²) in [5.74, 6) is -0.391. The first-order chi connectivity index (χ1) is 8.86. The first-order valence-corrected chi connectivity index (χ1v) is 6.57. The molecule has 2 aromatic rings. The third kappa shape index (κ3) is 3.54. The van der Waals surface area contributed by atoms with Crippen molar-refractivity contribution in [1.82, 2.24) is 4.98 Å². The summed E-state index contributed by atoms with van der Waals surface area (Å²) in [5, 5.41) is 2.47. The first kappa shape index (κ1) is 14.0. The predicted molar refractivity (Wildman–Crippen MR) is 69.2 cm³/mol. The fourth-order valence-corrected chi connectivity index (χ4v) is 2.55. The molecule has 1 amide bonds. The van der Waals surface area contributed by atoms with Crippen LogP contribution in [0.5, 0.6) is 0 Å².